The normalized spacial score (nSPS) is 15.2. The van der Waals surface area contributed by atoms with Crippen molar-refractivity contribution in [2.45, 2.75) is 32.5 Å². The van der Waals surface area contributed by atoms with Gasteiger partial charge in [0.15, 0.2) is 0 Å². The Morgan fingerprint density at radius 2 is 1.88 bits per heavy atom. The van der Waals surface area contributed by atoms with Crippen molar-refractivity contribution in [2.24, 2.45) is 11.7 Å². The molecule has 0 unspecified atom stereocenters. The predicted octanol–water partition coefficient (Wildman–Crippen LogP) is 4.37. The smallest absolute Gasteiger partial charge is 0.356 e. The molecule has 2 aromatic heterocycles. The second-order valence-electron chi connectivity index (χ2n) is 7.97. The monoisotopic (exact) mass is 444 g/mol. The third-order valence-electron chi connectivity index (χ3n) is 5.69. The summed E-state index contributed by atoms with van der Waals surface area (Å²) in [7, 11) is 0. The molecule has 3 aromatic rings. The van der Waals surface area contributed by atoms with Crippen molar-refractivity contribution in [3.8, 4) is 0 Å². The van der Waals surface area contributed by atoms with Crippen LogP contribution in [0.4, 0.5) is 29.5 Å². The molecule has 0 spiro atoms. The summed E-state index contributed by atoms with van der Waals surface area (Å²) in [4.78, 5) is 28.0. The van der Waals surface area contributed by atoms with E-state index in [9.17, 15) is 18.0 Å². The number of halogens is 3. The van der Waals surface area contributed by atoms with Crippen LogP contribution in [0.1, 0.15) is 31.0 Å². The number of rotatable bonds is 4. The minimum absolute atomic E-state index is 0.0441. The highest BCUT2D eigenvalue weighted by atomic mass is 19.4. The van der Waals surface area contributed by atoms with Gasteiger partial charge in [-0.1, -0.05) is 19.1 Å². The third kappa shape index (κ3) is 4.44. The molecule has 10 heteroatoms. The number of nitrogens with zero attached hydrogens (tertiary/aromatic N) is 5. The van der Waals surface area contributed by atoms with E-state index in [-0.39, 0.29) is 12.4 Å². The number of primary amides is 1. The van der Waals surface area contributed by atoms with Gasteiger partial charge in [-0.2, -0.15) is 13.2 Å². The first-order valence-corrected chi connectivity index (χ1v) is 10.3. The number of hydrogen-bond donors (Lipinski definition) is 1. The van der Waals surface area contributed by atoms with E-state index in [0.717, 1.165) is 18.9 Å². The predicted molar refractivity (Wildman–Crippen MR) is 115 cm³/mol. The molecule has 0 atom stereocenters. The zero-order chi connectivity index (χ0) is 22.9. The first-order chi connectivity index (χ1) is 15.2. The molecule has 1 aliphatic rings. The Balaban J connectivity index is 1.76. The molecule has 4 rings (SSSR count). The lowest BCUT2D eigenvalue weighted by atomic mass is 9.99. The van der Waals surface area contributed by atoms with E-state index >= 15 is 0 Å². The van der Waals surface area contributed by atoms with Crippen LogP contribution in [0.25, 0.3) is 11.0 Å². The molecule has 1 fully saturated rings. The van der Waals surface area contributed by atoms with Gasteiger partial charge in [0.1, 0.15) is 17.0 Å². The van der Waals surface area contributed by atoms with Crippen LogP contribution >= 0.6 is 0 Å². The summed E-state index contributed by atoms with van der Waals surface area (Å²) < 4.78 is 40.1. The van der Waals surface area contributed by atoms with E-state index in [1.54, 1.807) is 18.2 Å². The Hall–Kier alpha value is -3.43. The van der Waals surface area contributed by atoms with Crippen LogP contribution < -0.4 is 15.5 Å². The number of pyridine rings is 1. The van der Waals surface area contributed by atoms with E-state index in [2.05, 4.69) is 21.9 Å². The second-order valence-corrected chi connectivity index (χ2v) is 7.97. The Labute approximate surface area is 183 Å². The van der Waals surface area contributed by atoms with Crippen LogP contribution in [0.5, 0.6) is 0 Å². The molecule has 2 N–H and O–H groups in total. The van der Waals surface area contributed by atoms with E-state index in [1.807, 2.05) is 4.90 Å². The number of hydrogen-bond acceptors (Lipinski definition) is 5. The van der Waals surface area contributed by atoms with Crippen molar-refractivity contribution >= 4 is 28.6 Å². The number of alkyl halides is 3. The quantitative estimate of drug-likeness (QED) is 0.646. The number of para-hydroxylation sites is 1. The van der Waals surface area contributed by atoms with E-state index in [1.165, 1.54) is 23.4 Å². The highest BCUT2D eigenvalue weighted by Crippen LogP contribution is 2.34. The average molecular weight is 444 g/mol. The van der Waals surface area contributed by atoms with Crippen molar-refractivity contribution in [3.63, 3.8) is 0 Å². The summed E-state index contributed by atoms with van der Waals surface area (Å²) in [6.07, 6.45) is 0.192. The van der Waals surface area contributed by atoms with Crippen molar-refractivity contribution in [3.05, 3.63) is 54.0 Å². The molecular formula is C22H23F3N6O. The van der Waals surface area contributed by atoms with Crippen molar-refractivity contribution in [1.82, 2.24) is 15.0 Å². The number of amides is 2. The van der Waals surface area contributed by atoms with Crippen LogP contribution in [0.2, 0.25) is 0 Å². The highest BCUT2D eigenvalue weighted by Gasteiger charge is 2.34. The van der Waals surface area contributed by atoms with Gasteiger partial charge in [0.05, 0.1) is 17.7 Å². The molecular weight excluding hydrogens is 421 g/mol. The molecule has 3 heterocycles. The number of carbonyl (C=O) groups excluding carboxylic acids is 1. The van der Waals surface area contributed by atoms with Gasteiger partial charge in [-0.05, 0) is 37.0 Å². The molecule has 0 saturated carbocycles. The first-order valence-electron chi connectivity index (χ1n) is 10.3. The maximum absolute atomic E-state index is 13.4. The maximum Gasteiger partial charge on any atom is 0.433 e. The molecule has 0 radical (unpaired) electrons. The largest absolute Gasteiger partial charge is 0.433 e. The number of piperidine rings is 1. The van der Waals surface area contributed by atoms with Gasteiger partial charge in [-0.15, -0.1) is 0 Å². The summed E-state index contributed by atoms with van der Waals surface area (Å²) in [5.41, 5.74) is 6.68. The lowest BCUT2D eigenvalue weighted by molar-refractivity contribution is -0.141. The first kappa shape index (κ1) is 21.8. The van der Waals surface area contributed by atoms with Crippen LogP contribution in [-0.2, 0) is 12.7 Å². The van der Waals surface area contributed by atoms with Gasteiger partial charge in [-0.3, -0.25) is 14.9 Å². The number of nitrogens with two attached hydrogens (primary N) is 1. The van der Waals surface area contributed by atoms with Gasteiger partial charge in [0.2, 0.25) is 0 Å². The summed E-state index contributed by atoms with van der Waals surface area (Å²) >= 11 is 0. The second kappa shape index (κ2) is 8.60. The van der Waals surface area contributed by atoms with Gasteiger partial charge in [0, 0.05) is 31.0 Å². The minimum atomic E-state index is -4.56. The number of benzene rings is 1. The van der Waals surface area contributed by atoms with Crippen LogP contribution in [0.15, 0.2) is 42.7 Å². The van der Waals surface area contributed by atoms with Gasteiger partial charge >= 0.3 is 12.2 Å². The summed E-state index contributed by atoms with van der Waals surface area (Å²) in [5, 5.41) is 0. The summed E-state index contributed by atoms with van der Waals surface area (Å²) in [6.45, 7) is 3.27. The maximum atomic E-state index is 13.4. The lowest BCUT2D eigenvalue weighted by Gasteiger charge is -2.33. The SMILES string of the molecule is CC1CCN(c2nc(C(F)(F)F)ccc2CN(C(N)=O)c2cccc3nccnc23)CC1. The Morgan fingerprint density at radius 3 is 2.56 bits per heavy atom. The Bertz CT molecular complexity index is 1120. The molecule has 1 aliphatic heterocycles. The fourth-order valence-electron chi connectivity index (χ4n) is 3.90. The van der Waals surface area contributed by atoms with Crippen molar-refractivity contribution in [1.29, 1.82) is 0 Å². The number of aromatic nitrogens is 3. The molecule has 0 bridgehead atoms. The van der Waals surface area contributed by atoms with E-state index < -0.39 is 17.9 Å². The minimum Gasteiger partial charge on any atom is -0.356 e. The number of anilines is 2. The topological polar surface area (TPSA) is 88.2 Å². The van der Waals surface area contributed by atoms with E-state index in [4.69, 9.17) is 5.73 Å². The molecule has 1 saturated heterocycles. The lowest BCUT2D eigenvalue weighted by Crippen LogP contribution is -2.38. The third-order valence-corrected chi connectivity index (χ3v) is 5.69. The average Bonchev–Trinajstić information content (AvgIpc) is 2.77. The van der Waals surface area contributed by atoms with Crippen molar-refractivity contribution < 1.29 is 18.0 Å². The van der Waals surface area contributed by atoms with E-state index in [0.29, 0.717) is 41.3 Å². The molecule has 1 aromatic carbocycles. The van der Waals surface area contributed by atoms with Gasteiger partial charge < -0.3 is 10.6 Å². The zero-order valence-electron chi connectivity index (χ0n) is 17.5. The number of urea groups is 1. The molecule has 0 aliphatic carbocycles. The molecule has 7 nitrogen and oxygen atoms in total. The summed E-state index contributed by atoms with van der Waals surface area (Å²) in [5.74, 6) is 0.723. The molecule has 32 heavy (non-hydrogen) atoms. The number of carbonyl (C=O) groups is 1. The standard InChI is InChI=1S/C22H23F3N6O/c1-14-7-11-30(12-8-14)20-15(5-6-18(29-20)22(23,24)25)13-31(21(26)32)17-4-2-3-16-19(17)28-10-9-27-16/h2-6,9-10,14H,7-8,11-13H2,1H3,(H2,26,32). The van der Waals surface area contributed by atoms with Crippen molar-refractivity contribution in [2.75, 3.05) is 22.9 Å². The van der Waals surface area contributed by atoms with Gasteiger partial charge in [0.25, 0.3) is 0 Å². The van der Waals surface area contributed by atoms with Crippen LogP contribution in [0, 0.1) is 5.92 Å². The number of fused-ring (bicyclic) bond motifs is 1. The van der Waals surface area contributed by atoms with Gasteiger partial charge in [-0.25, -0.2) is 9.78 Å². The Kier molecular flexibility index (Phi) is 5.86. The molecule has 168 valence electrons. The Morgan fingerprint density at radius 1 is 1.16 bits per heavy atom. The fraction of sp³-hybridized carbons (Fsp3) is 0.364. The highest BCUT2D eigenvalue weighted by molar-refractivity contribution is 5.99. The van der Waals surface area contributed by atoms with Crippen LogP contribution in [0.3, 0.4) is 0 Å². The van der Waals surface area contributed by atoms with Crippen LogP contribution in [-0.4, -0.2) is 34.1 Å². The fourth-order valence-corrected chi connectivity index (χ4v) is 3.90. The summed E-state index contributed by atoms with van der Waals surface area (Å²) in [6, 6.07) is 6.72. The zero-order valence-corrected chi connectivity index (χ0v) is 17.5. The molecule has 2 amide bonds.